The number of amides is 1. The van der Waals surface area contributed by atoms with Gasteiger partial charge in [-0.1, -0.05) is 6.07 Å². The van der Waals surface area contributed by atoms with Crippen LogP contribution >= 0.6 is 11.3 Å². The molecule has 2 atom stereocenters. The van der Waals surface area contributed by atoms with Crippen molar-refractivity contribution < 1.29 is 22.7 Å². The molecule has 8 nitrogen and oxygen atoms in total. The SMILES string of the molecule is COC(=O)C(NC(=O)C1CCCN(S(=O)(=O)c2ccc(C)s2)C1)c1cccnc1. The normalized spacial score (nSPS) is 18.8. The Labute approximate surface area is 173 Å². The molecule has 10 heteroatoms. The van der Waals surface area contributed by atoms with E-state index in [2.05, 4.69) is 10.3 Å². The number of thiophene rings is 1. The first-order valence-corrected chi connectivity index (χ1v) is 11.4. The van der Waals surface area contributed by atoms with E-state index in [0.717, 1.165) is 4.88 Å². The summed E-state index contributed by atoms with van der Waals surface area (Å²) in [7, 11) is -2.39. The fraction of sp³-hybridized carbons (Fsp3) is 0.421. The van der Waals surface area contributed by atoms with Gasteiger partial charge in [-0.3, -0.25) is 9.78 Å². The molecule has 1 N–H and O–H groups in total. The van der Waals surface area contributed by atoms with Crippen molar-refractivity contribution in [2.45, 2.75) is 30.0 Å². The Balaban J connectivity index is 1.74. The monoisotopic (exact) mass is 437 g/mol. The molecule has 2 aromatic heterocycles. The van der Waals surface area contributed by atoms with E-state index in [4.69, 9.17) is 4.74 Å². The van der Waals surface area contributed by atoms with Crippen LogP contribution in [0.15, 0.2) is 40.9 Å². The third-order valence-electron chi connectivity index (χ3n) is 4.81. The van der Waals surface area contributed by atoms with Gasteiger partial charge in [0.05, 0.1) is 13.0 Å². The maximum atomic E-state index is 12.9. The first-order valence-electron chi connectivity index (χ1n) is 9.17. The smallest absolute Gasteiger partial charge is 0.333 e. The van der Waals surface area contributed by atoms with Crippen LogP contribution in [0.2, 0.25) is 0 Å². The van der Waals surface area contributed by atoms with Crippen LogP contribution in [0.25, 0.3) is 0 Å². The Bertz CT molecular complexity index is 975. The summed E-state index contributed by atoms with van der Waals surface area (Å²) in [5.74, 6) is -1.55. The van der Waals surface area contributed by atoms with Crippen LogP contribution < -0.4 is 5.32 Å². The molecule has 2 aromatic rings. The minimum absolute atomic E-state index is 0.0754. The molecule has 1 aliphatic heterocycles. The molecule has 0 aliphatic carbocycles. The first kappa shape index (κ1) is 21.4. The third-order valence-corrected chi connectivity index (χ3v) is 8.14. The molecule has 1 fully saturated rings. The summed E-state index contributed by atoms with van der Waals surface area (Å²) in [6.07, 6.45) is 4.16. The van der Waals surface area contributed by atoms with E-state index in [1.165, 1.54) is 28.9 Å². The maximum Gasteiger partial charge on any atom is 0.333 e. The fourth-order valence-electron chi connectivity index (χ4n) is 3.26. The Morgan fingerprint density at radius 3 is 2.76 bits per heavy atom. The van der Waals surface area contributed by atoms with Crippen molar-refractivity contribution in [2.24, 2.45) is 5.92 Å². The first-order chi connectivity index (χ1) is 13.8. The number of ether oxygens (including phenoxy) is 1. The van der Waals surface area contributed by atoms with Crippen LogP contribution in [0.5, 0.6) is 0 Å². The summed E-state index contributed by atoms with van der Waals surface area (Å²) in [5.41, 5.74) is 0.502. The quantitative estimate of drug-likeness (QED) is 0.692. The van der Waals surface area contributed by atoms with Crippen LogP contribution in [0.3, 0.4) is 0 Å². The van der Waals surface area contributed by atoms with E-state index in [1.807, 2.05) is 6.92 Å². The van der Waals surface area contributed by atoms with Crippen molar-refractivity contribution in [3.63, 3.8) is 0 Å². The van der Waals surface area contributed by atoms with Gasteiger partial charge in [0.25, 0.3) is 10.0 Å². The highest BCUT2D eigenvalue weighted by Crippen LogP contribution is 2.28. The molecule has 0 radical (unpaired) electrons. The highest BCUT2D eigenvalue weighted by molar-refractivity contribution is 7.91. The summed E-state index contributed by atoms with van der Waals surface area (Å²) in [6, 6.07) is 5.70. The number of methoxy groups -OCH3 is 1. The summed E-state index contributed by atoms with van der Waals surface area (Å²) in [4.78, 5) is 29.9. The molecule has 0 spiro atoms. The lowest BCUT2D eigenvalue weighted by Gasteiger charge is -2.31. The van der Waals surface area contributed by atoms with Gasteiger partial charge in [0, 0.05) is 35.9 Å². The van der Waals surface area contributed by atoms with E-state index >= 15 is 0 Å². The Morgan fingerprint density at radius 1 is 1.34 bits per heavy atom. The number of carbonyl (C=O) groups is 2. The molecule has 29 heavy (non-hydrogen) atoms. The van der Waals surface area contributed by atoms with Gasteiger partial charge in [0.2, 0.25) is 5.91 Å². The van der Waals surface area contributed by atoms with E-state index in [9.17, 15) is 18.0 Å². The number of aromatic nitrogens is 1. The number of hydrogen-bond donors (Lipinski definition) is 1. The second-order valence-corrected chi connectivity index (χ2v) is 10.3. The van der Waals surface area contributed by atoms with Gasteiger partial charge in [-0.25, -0.2) is 13.2 Å². The largest absolute Gasteiger partial charge is 0.467 e. The molecule has 3 rings (SSSR count). The average Bonchev–Trinajstić information content (AvgIpc) is 3.19. The molecule has 1 saturated heterocycles. The summed E-state index contributed by atoms with van der Waals surface area (Å²) in [5, 5.41) is 2.70. The van der Waals surface area contributed by atoms with Crippen LogP contribution in [0.1, 0.15) is 29.3 Å². The Morgan fingerprint density at radius 2 is 2.14 bits per heavy atom. The predicted molar refractivity (Wildman–Crippen MR) is 108 cm³/mol. The number of esters is 1. The van der Waals surface area contributed by atoms with Crippen LogP contribution in [-0.4, -0.2) is 49.8 Å². The zero-order valence-corrected chi connectivity index (χ0v) is 17.8. The molecule has 1 amide bonds. The van der Waals surface area contributed by atoms with Crippen molar-refractivity contribution in [3.05, 3.63) is 47.1 Å². The van der Waals surface area contributed by atoms with Crippen molar-refractivity contribution in [3.8, 4) is 0 Å². The number of rotatable bonds is 6. The average molecular weight is 438 g/mol. The van der Waals surface area contributed by atoms with Crippen molar-refractivity contribution >= 4 is 33.2 Å². The van der Waals surface area contributed by atoms with Crippen molar-refractivity contribution in [1.82, 2.24) is 14.6 Å². The number of nitrogens with one attached hydrogen (secondary N) is 1. The lowest BCUT2D eigenvalue weighted by Crippen LogP contribution is -2.47. The van der Waals surface area contributed by atoms with Crippen LogP contribution in [0.4, 0.5) is 0 Å². The van der Waals surface area contributed by atoms with Gasteiger partial charge in [0.1, 0.15) is 4.21 Å². The molecule has 2 unspecified atom stereocenters. The van der Waals surface area contributed by atoms with E-state index in [-0.39, 0.29) is 16.7 Å². The minimum Gasteiger partial charge on any atom is -0.467 e. The lowest BCUT2D eigenvalue weighted by atomic mass is 9.98. The fourth-order valence-corrected chi connectivity index (χ4v) is 6.22. The molecular formula is C19H23N3O5S2. The van der Waals surface area contributed by atoms with Gasteiger partial charge in [-0.05, 0) is 38.0 Å². The van der Waals surface area contributed by atoms with Crippen LogP contribution in [0, 0.1) is 12.8 Å². The Hall–Kier alpha value is -2.30. The standard InChI is InChI=1S/C19H23N3O5S2/c1-13-7-8-16(28-13)29(25,26)22-10-4-6-15(12-22)18(23)21-17(19(24)27-2)14-5-3-9-20-11-14/h3,5,7-9,11,15,17H,4,6,10,12H2,1-2H3,(H,21,23). The topological polar surface area (TPSA) is 106 Å². The second kappa shape index (κ2) is 9.02. The zero-order chi connectivity index (χ0) is 21.0. The van der Waals surface area contributed by atoms with Crippen molar-refractivity contribution in [2.75, 3.05) is 20.2 Å². The van der Waals surface area contributed by atoms with E-state index < -0.39 is 28.0 Å². The number of carbonyl (C=O) groups excluding carboxylic acids is 2. The molecule has 1 aliphatic rings. The number of aryl methyl sites for hydroxylation is 1. The number of sulfonamides is 1. The zero-order valence-electron chi connectivity index (χ0n) is 16.2. The molecule has 156 valence electrons. The lowest BCUT2D eigenvalue weighted by molar-refractivity contribution is -0.146. The number of pyridine rings is 1. The molecule has 0 saturated carbocycles. The maximum absolute atomic E-state index is 12.9. The van der Waals surface area contributed by atoms with Crippen molar-refractivity contribution in [1.29, 1.82) is 0 Å². The third kappa shape index (κ3) is 4.82. The van der Waals surface area contributed by atoms with Gasteiger partial charge in [-0.2, -0.15) is 4.31 Å². The molecule has 0 aromatic carbocycles. The van der Waals surface area contributed by atoms with E-state index in [1.54, 1.807) is 30.5 Å². The predicted octanol–water partition coefficient (Wildman–Crippen LogP) is 1.88. The number of nitrogens with zero attached hydrogens (tertiary/aromatic N) is 2. The van der Waals surface area contributed by atoms with Gasteiger partial charge in [-0.15, -0.1) is 11.3 Å². The molecule has 3 heterocycles. The van der Waals surface area contributed by atoms with Gasteiger partial charge in [0.15, 0.2) is 6.04 Å². The minimum atomic E-state index is -3.64. The molecular weight excluding hydrogens is 414 g/mol. The number of piperidine rings is 1. The molecule has 0 bridgehead atoms. The van der Waals surface area contributed by atoms with Gasteiger partial charge < -0.3 is 10.1 Å². The summed E-state index contributed by atoms with van der Waals surface area (Å²) in [6.45, 7) is 2.29. The highest BCUT2D eigenvalue weighted by Gasteiger charge is 2.35. The number of hydrogen-bond acceptors (Lipinski definition) is 7. The van der Waals surface area contributed by atoms with Gasteiger partial charge >= 0.3 is 5.97 Å². The summed E-state index contributed by atoms with van der Waals surface area (Å²) < 4.78 is 32.2. The van der Waals surface area contributed by atoms with Crippen LogP contribution in [-0.2, 0) is 24.3 Å². The van der Waals surface area contributed by atoms with E-state index in [0.29, 0.717) is 24.9 Å². The Kier molecular flexibility index (Phi) is 6.66. The second-order valence-electron chi connectivity index (χ2n) is 6.82. The summed E-state index contributed by atoms with van der Waals surface area (Å²) >= 11 is 1.21. The highest BCUT2D eigenvalue weighted by atomic mass is 32.2.